The molecule has 0 spiro atoms. The first kappa shape index (κ1) is 24.2. The van der Waals surface area contributed by atoms with Crippen LogP contribution in [0.1, 0.15) is 23.1 Å². The molecule has 1 saturated heterocycles. The second-order valence-electron chi connectivity index (χ2n) is 8.32. The highest BCUT2D eigenvalue weighted by Crippen LogP contribution is 2.25. The minimum Gasteiger partial charge on any atom is -0.317 e. The van der Waals surface area contributed by atoms with E-state index in [-0.39, 0.29) is 5.91 Å². The number of amides is 1. The van der Waals surface area contributed by atoms with Gasteiger partial charge < -0.3 is 10.2 Å². The number of nitrogens with one attached hydrogen (secondary N) is 2. The zero-order valence-electron chi connectivity index (χ0n) is 20.2. The van der Waals surface area contributed by atoms with Crippen molar-refractivity contribution < 1.29 is 4.79 Å². The molecule has 0 aromatic carbocycles. The van der Waals surface area contributed by atoms with Crippen molar-refractivity contribution >= 4 is 23.5 Å². The van der Waals surface area contributed by atoms with Crippen molar-refractivity contribution in [2.45, 2.75) is 13.5 Å². The summed E-state index contributed by atoms with van der Waals surface area (Å²) in [6.07, 6.45) is 10.4. The SMILES string of the molecule is C=C/C=C(\N=CC)c1nn(CCN2CCN(C)CC2)cc1NC(=O)c1cccc(-c2cn[nH]c2)n1. The molecule has 0 bridgehead atoms. The van der Waals surface area contributed by atoms with Gasteiger partial charge in [-0.3, -0.25) is 24.5 Å². The Morgan fingerprint density at radius 3 is 2.80 bits per heavy atom. The van der Waals surface area contributed by atoms with E-state index in [0.717, 1.165) is 38.3 Å². The maximum atomic E-state index is 13.1. The number of aromatic amines is 1. The summed E-state index contributed by atoms with van der Waals surface area (Å²) in [4.78, 5) is 26.8. The summed E-state index contributed by atoms with van der Waals surface area (Å²) >= 11 is 0. The summed E-state index contributed by atoms with van der Waals surface area (Å²) in [5, 5.41) is 14.5. The van der Waals surface area contributed by atoms with Crippen LogP contribution in [0.5, 0.6) is 0 Å². The molecule has 1 aliphatic heterocycles. The molecule has 35 heavy (non-hydrogen) atoms. The average Bonchev–Trinajstić information content (AvgIpc) is 3.54. The van der Waals surface area contributed by atoms with E-state index in [9.17, 15) is 4.79 Å². The Labute approximate surface area is 205 Å². The molecular formula is C25H31N9O. The average molecular weight is 474 g/mol. The molecule has 4 heterocycles. The van der Waals surface area contributed by atoms with Gasteiger partial charge in [0, 0.05) is 56.9 Å². The number of likely N-dealkylation sites (N-methyl/N-ethyl adjacent to an activating group) is 1. The van der Waals surface area contributed by atoms with Gasteiger partial charge in [0.05, 0.1) is 29.8 Å². The molecule has 4 rings (SSSR count). The summed E-state index contributed by atoms with van der Waals surface area (Å²) < 4.78 is 1.86. The predicted octanol–water partition coefficient (Wildman–Crippen LogP) is 2.79. The minimum atomic E-state index is -0.325. The van der Waals surface area contributed by atoms with Gasteiger partial charge in [-0.25, -0.2) is 4.98 Å². The largest absolute Gasteiger partial charge is 0.317 e. The van der Waals surface area contributed by atoms with Crippen LogP contribution in [0.4, 0.5) is 5.69 Å². The number of anilines is 1. The minimum absolute atomic E-state index is 0.299. The molecule has 0 atom stereocenters. The van der Waals surface area contributed by atoms with Gasteiger partial charge in [0.2, 0.25) is 0 Å². The number of rotatable bonds is 9. The summed E-state index contributed by atoms with van der Waals surface area (Å²) in [7, 11) is 2.15. The molecule has 10 nitrogen and oxygen atoms in total. The zero-order valence-corrected chi connectivity index (χ0v) is 20.2. The molecule has 0 aliphatic carbocycles. The summed E-state index contributed by atoms with van der Waals surface area (Å²) in [5.41, 5.74) is 3.55. The normalized spacial score (nSPS) is 15.5. The number of hydrogen-bond donors (Lipinski definition) is 2. The van der Waals surface area contributed by atoms with Crippen LogP contribution in [-0.4, -0.2) is 86.7 Å². The van der Waals surface area contributed by atoms with E-state index in [2.05, 4.69) is 48.9 Å². The van der Waals surface area contributed by atoms with Crippen LogP contribution in [0.25, 0.3) is 17.0 Å². The van der Waals surface area contributed by atoms with Crippen molar-refractivity contribution in [2.24, 2.45) is 4.99 Å². The summed E-state index contributed by atoms with van der Waals surface area (Å²) in [6.45, 7) is 11.4. The van der Waals surface area contributed by atoms with Crippen molar-refractivity contribution in [1.82, 2.24) is 34.8 Å². The van der Waals surface area contributed by atoms with Crippen molar-refractivity contribution in [1.29, 1.82) is 0 Å². The van der Waals surface area contributed by atoms with E-state index < -0.39 is 0 Å². The monoisotopic (exact) mass is 473 g/mol. The molecule has 2 N–H and O–H groups in total. The maximum absolute atomic E-state index is 13.1. The van der Waals surface area contributed by atoms with Crippen molar-refractivity contribution in [2.75, 3.05) is 45.1 Å². The fourth-order valence-electron chi connectivity index (χ4n) is 3.87. The smallest absolute Gasteiger partial charge is 0.274 e. The van der Waals surface area contributed by atoms with Gasteiger partial charge in [-0.1, -0.05) is 18.7 Å². The van der Waals surface area contributed by atoms with Gasteiger partial charge in [0.1, 0.15) is 11.4 Å². The van der Waals surface area contributed by atoms with E-state index in [1.165, 1.54) is 0 Å². The Balaban J connectivity index is 1.56. The lowest BCUT2D eigenvalue weighted by molar-refractivity contribution is 0.102. The first-order chi connectivity index (χ1) is 17.1. The van der Waals surface area contributed by atoms with Crippen LogP contribution in [-0.2, 0) is 6.54 Å². The molecule has 0 unspecified atom stereocenters. The van der Waals surface area contributed by atoms with Gasteiger partial charge in [-0.2, -0.15) is 10.2 Å². The fraction of sp³-hybridized carbons (Fsp3) is 0.320. The van der Waals surface area contributed by atoms with Crippen LogP contribution < -0.4 is 5.32 Å². The Kier molecular flexibility index (Phi) is 7.96. The van der Waals surface area contributed by atoms with E-state index >= 15 is 0 Å². The van der Waals surface area contributed by atoms with Crippen LogP contribution in [0.3, 0.4) is 0 Å². The number of carbonyl (C=O) groups is 1. The maximum Gasteiger partial charge on any atom is 0.274 e. The first-order valence-electron chi connectivity index (χ1n) is 11.6. The summed E-state index contributed by atoms with van der Waals surface area (Å²) in [5.74, 6) is -0.325. The van der Waals surface area contributed by atoms with E-state index in [0.29, 0.717) is 35.0 Å². The molecule has 1 amide bonds. The molecule has 182 valence electrons. The van der Waals surface area contributed by atoms with Crippen LogP contribution in [0.2, 0.25) is 0 Å². The van der Waals surface area contributed by atoms with Crippen molar-refractivity contribution in [3.63, 3.8) is 0 Å². The molecule has 10 heteroatoms. The lowest BCUT2D eigenvalue weighted by Gasteiger charge is -2.32. The second kappa shape index (κ2) is 11.5. The number of aliphatic imine (C=N–C) groups is 1. The van der Waals surface area contributed by atoms with E-state index in [1.54, 1.807) is 42.9 Å². The third-order valence-electron chi connectivity index (χ3n) is 5.81. The number of nitrogens with zero attached hydrogens (tertiary/aromatic N) is 7. The third kappa shape index (κ3) is 6.17. The number of H-pyrrole nitrogens is 1. The van der Waals surface area contributed by atoms with Crippen molar-refractivity contribution in [3.05, 3.63) is 66.9 Å². The Morgan fingerprint density at radius 1 is 1.26 bits per heavy atom. The highest BCUT2D eigenvalue weighted by molar-refractivity contribution is 6.04. The number of piperazine rings is 1. The van der Waals surface area contributed by atoms with Gasteiger partial charge in [0.15, 0.2) is 0 Å². The van der Waals surface area contributed by atoms with Crippen molar-refractivity contribution in [3.8, 4) is 11.3 Å². The number of hydrogen-bond acceptors (Lipinski definition) is 7. The van der Waals surface area contributed by atoms with Gasteiger partial charge in [-0.15, -0.1) is 0 Å². The molecule has 3 aromatic heterocycles. The topological polar surface area (TPSA) is 107 Å². The molecule has 3 aromatic rings. The van der Waals surface area contributed by atoms with Crippen LogP contribution in [0, 0.1) is 0 Å². The Bertz CT molecular complexity index is 1200. The number of pyridine rings is 1. The van der Waals surface area contributed by atoms with Crippen LogP contribution >= 0.6 is 0 Å². The highest BCUT2D eigenvalue weighted by Gasteiger charge is 2.19. The second-order valence-corrected chi connectivity index (χ2v) is 8.32. The number of allylic oxidation sites excluding steroid dienone is 2. The lowest BCUT2D eigenvalue weighted by Crippen LogP contribution is -2.45. The molecule has 1 fully saturated rings. The Morgan fingerprint density at radius 2 is 2.09 bits per heavy atom. The standard InChI is InChI=1S/C25H31N9O/c1-4-7-21(26-5-2)24-23(18-34(31-24)15-14-33-12-10-32(3)11-13-33)30-25(35)22-9-6-8-20(29-22)19-16-27-28-17-19/h4-9,16-18H,1,10-15H2,2-3H3,(H,27,28)(H,30,35)/b21-7-,26-5?. The van der Waals surface area contributed by atoms with Gasteiger partial charge >= 0.3 is 0 Å². The van der Waals surface area contributed by atoms with Gasteiger partial charge in [0.25, 0.3) is 5.91 Å². The summed E-state index contributed by atoms with van der Waals surface area (Å²) in [6, 6.07) is 5.32. The van der Waals surface area contributed by atoms with Crippen LogP contribution in [0.15, 0.2) is 60.5 Å². The van der Waals surface area contributed by atoms with E-state index in [4.69, 9.17) is 5.10 Å². The molecular weight excluding hydrogens is 442 g/mol. The lowest BCUT2D eigenvalue weighted by atomic mass is 10.2. The third-order valence-corrected chi connectivity index (χ3v) is 5.81. The Hall–Kier alpha value is -3.89. The molecule has 0 radical (unpaired) electrons. The quantitative estimate of drug-likeness (QED) is 0.366. The molecule has 0 saturated carbocycles. The molecule has 1 aliphatic rings. The zero-order chi connectivity index (χ0) is 24.6. The predicted molar refractivity (Wildman–Crippen MR) is 138 cm³/mol. The first-order valence-corrected chi connectivity index (χ1v) is 11.6. The fourth-order valence-corrected chi connectivity index (χ4v) is 3.87. The highest BCUT2D eigenvalue weighted by atomic mass is 16.1. The number of carbonyl (C=O) groups excluding carboxylic acids is 1. The van der Waals surface area contributed by atoms with Gasteiger partial charge in [-0.05, 0) is 32.2 Å². The van der Waals surface area contributed by atoms with E-state index in [1.807, 2.05) is 23.9 Å². The number of aromatic nitrogens is 5.